The molecule has 0 bridgehead atoms. The number of hydrogen-bond donors (Lipinski definition) is 1. The van der Waals surface area contributed by atoms with Crippen molar-refractivity contribution in [3.63, 3.8) is 0 Å². The molecule has 1 atom stereocenters. The van der Waals surface area contributed by atoms with Gasteiger partial charge in [0.2, 0.25) is 17.6 Å². The molecule has 8 heteroatoms. The predicted molar refractivity (Wildman–Crippen MR) is 96.2 cm³/mol. The van der Waals surface area contributed by atoms with Crippen LogP contribution in [0.5, 0.6) is 5.75 Å². The van der Waals surface area contributed by atoms with E-state index in [4.69, 9.17) is 9.26 Å². The number of aliphatic carboxylic acids is 1. The van der Waals surface area contributed by atoms with Gasteiger partial charge in [0, 0.05) is 24.9 Å². The van der Waals surface area contributed by atoms with Crippen LogP contribution >= 0.6 is 0 Å². The zero-order valence-corrected chi connectivity index (χ0v) is 15.3. The molecule has 0 saturated carbocycles. The second-order valence-corrected chi connectivity index (χ2v) is 6.41. The van der Waals surface area contributed by atoms with Crippen LogP contribution in [0.15, 0.2) is 28.8 Å². The summed E-state index contributed by atoms with van der Waals surface area (Å²) in [5.41, 5.74) is 0.793. The SMILES string of the molecule is CCOc1ccc(-c2noc(CCC(=O)N3CCCCC3C(=O)O)n2)cc1. The molecule has 1 aliphatic heterocycles. The third-order valence-electron chi connectivity index (χ3n) is 4.55. The molecule has 144 valence electrons. The number of nitrogens with zero attached hydrogens (tertiary/aromatic N) is 3. The highest BCUT2D eigenvalue weighted by atomic mass is 16.5. The van der Waals surface area contributed by atoms with E-state index in [0.29, 0.717) is 31.3 Å². The molecular formula is C19H23N3O5. The first-order valence-electron chi connectivity index (χ1n) is 9.16. The summed E-state index contributed by atoms with van der Waals surface area (Å²) in [6.07, 6.45) is 2.59. The van der Waals surface area contributed by atoms with E-state index in [2.05, 4.69) is 10.1 Å². The van der Waals surface area contributed by atoms with E-state index in [1.54, 1.807) is 0 Å². The highest BCUT2D eigenvalue weighted by Crippen LogP contribution is 2.21. The molecule has 27 heavy (non-hydrogen) atoms. The summed E-state index contributed by atoms with van der Waals surface area (Å²) in [5, 5.41) is 13.2. The van der Waals surface area contributed by atoms with Crippen LogP contribution in [-0.2, 0) is 16.0 Å². The highest BCUT2D eigenvalue weighted by Gasteiger charge is 2.31. The van der Waals surface area contributed by atoms with Crippen LogP contribution in [0.3, 0.4) is 0 Å². The Labute approximate surface area is 157 Å². The van der Waals surface area contributed by atoms with E-state index in [1.165, 1.54) is 4.90 Å². The first-order valence-corrected chi connectivity index (χ1v) is 9.16. The highest BCUT2D eigenvalue weighted by molar-refractivity contribution is 5.84. The maximum absolute atomic E-state index is 12.4. The van der Waals surface area contributed by atoms with Crippen LogP contribution in [0.2, 0.25) is 0 Å². The van der Waals surface area contributed by atoms with Crippen LogP contribution in [0.4, 0.5) is 0 Å². The Morgan fingerprint density at radius 1 is 1.30 bits per heavy atom. The monoisotopic (exact) mass is 373 g/mol. The molecule has 0 spiro atoms. The summed E-state index contributed by atoms with van der Waals surface area (Å²) in [4.78, 5) is 29.5. The van der Waals surface area contributed by atoms with E-state index < -0.39 is 12.0 Å². The van der Waals surface area contributed by atoms with Gasteiger partial charge in [-0.25, -0.2) is 4.79 Å². The molecule has 0 aliphatic carbocycles. The second kappa shape index (κ2) is 8.66. The minimum absolute atomic E-state index is 0.148. The van der Waals surface area contributed by atoms with Gasteiger partial charge in [0.25, 0.3) is 0 Å². The summed E-state index contributed by atoms with van der Waals surface area (Å²) >= 11 is 0. The van der Waals surface area contributed by atoms with Gasteiger partial charge in [-0.15, -0.1) is 0 Å². The summed E-state index contributed by atoms with van der Waals surface area (Å²) in [6, 6.07) is 6.63. The summed E-state index contributed by atoms with van der Waals surface area (Å²) in [7, 11) is 0. The lowest BCUT2D eigenvalue weighted by molar-refractivity contribution is -0.152. The van der Waals surface area contributed by atoms with E-state index in [-0.39, 0.29) is 18.7 Å². The quantitative estimate of drug-likeness (QED) is 0.795. The Morgan fingerprint density at radius 2 is 2.07 bits per heavy atom. The van der Waals surface area contributed by atoms with Crippen LogP contribution in [0.1, 0.15) is 38.5 Å². The zero-order valence-electron chi connectivity index (χ0n) is 15.3. The van der Waals surface area contributed by atoms with Gasteiger partial charge in [-0.1, -0.05) is 5.16 Å². The van der Waals surface area contributed by atoms with E-state index >= 15 is 0 Å². The van der Waals surface area contributed by atoms with Crippen molar-refractivity contribution in [3.05, 3.63) is 30.2 Å². The van der Waals surface area contributed by atoms with Crippen LogP contribution in [-0.4, -0.2) is 51.2 Å². The maximum Gasteiger partial charge on any atom is 0.326 e. The van der Waals surface area contributed by atoms with Crippen molar-refractivity contribution in [2.45, 2.75) is 45.1 Å². The van der Waals surface area contributed by atoms with Gasteiger partial charge in [0.05, 0.1) is 6.61 Å². The fraction of sp³-hybridized carbons (Fsp3) is 0.474. The molecule has 0 radical (unpaired) electrons. The van der Waals surface area contributed by atoms with Gasteiger partial charge < -0.3 is 19.3 Å². The standard InChI is InChI=1S/C19H23N3O5/c1-2-26-14-8-6-13(7-9-14)18-20-16(27-21-18)10-11-17(23)22-12-4-3-5-15(22)19(24)25/h6-9,15H,2-5,10-12H2,1H3,(H,24,25). The van der Waals surface area contributed by atoms with Crippen molar-refractivity contribution >= 4 is 11.9 Å². The van der Waals surface area contributed by atoms with Crippen molar-refractivity contribution in [3.8, 4) is 17.1 Å². The summed E-state index contributed by atoms with van der Waals surface area (Å²) in [5.74, 6) is 0.435. The molecule has 2 heterocycles. The Kier molecular flexibility index (Phi) is 6.05. The number of likely N-dealkylation sites (tertiary alicyclic amines) is 1. The number of carboxylic acid groups (broad SMARTS) is 1. The largest absolute Gasteiger partial charge is 0.494 e. The Bertz CT molecular complexity index is 787. The molecule has 1 saturated heterocycles. The molecule has 1 aromatic carbocycles. The minimum atomic E-state index is -0.946. The van der Waals surface area contributed by atoms with Crippen molar-refractivity contribution in [2.24, 2.45) is 0 Å². The number of carbonyl (C=O) groups excluding carboxylic acids is 1. The van der Waals surface area contributed by atoms with Crippen molar-refractivity contribution in [1.82, 2.24) is 15.0 Å². The Balaban J connectivity index is 1.59. The van der Waals surface area contributed by atoms with E-state index in [0.717, 1.165) is 24.2 Å². The van der Waals surface area contributed by atoms with Crippen LogP contribution < -0.4 is 4.74 Å². The second-order valence-electron chi connectivity index (χ2n) is 6.41. The smallest absolute Gasteiger partial charge is 0.326 e. The fourth-order valence-electron chi connectivity index (χ4n) is 3.18. The van der Waals surface area contributed by atoms with Gasteiger partial charge in [0.15, 0.2) is 0 Å². The number of aromatic nitrogens is 2. The van der Waals surface area contributed by atoms with Crippen LogP contribution in [0, 0.1) is 0 Å². The zero-order chi connectivity index (χ0) is 19.2. The third-order valence-corrected chi connectivity index (χ3v) is 4.55. The van der Waals surface area contributed by atoms with Gasteiger partial charge in [-0.05, 0) is 50.5 Å². The molecule has 2 aromatic rings. The predicted octanol–water partition coefficient (Wildman–Crippen LogP) is 2.53. The number of amides is 1. The molecule has 1 fully saturated rings. The number of hydrogen-bond acceptors (Lipinski definition) is 6. The Morgan fingerprint density at radius 3 is 2.78 bits per heavy atom. The molecular weight excluding hydrogens is 350 g/mol. The van der Waals surface area contributed by atoms with E-state index in [1.807, 2.05) is 31.2 Å². The summed E-state index contributed by atoms with van der Waals surface area (Å²) in [6.45, 7) is 3.00. The molecule has 1 unspecified atom stereocenters. The molecule has 1 amide bonds. The van der Waals surface area contributed by atoms with Gasteiger partial charge in [0.1, 0.15) is 11.8 Å². The van der Waals surface area contributed by atoms with Gasteiger partial charge in [-0.3, -0.25) is 4.79 Å². The average molecular weight is 373 g/mol. The fourth-order valence-corrected chi connectivity index (χ4v) is 3.18. The van der Waals surface area contributed by atoms with Crippen molar-refractivity contribution < 1.29 is 24.0 Å². The number of ether oxygens (including phenoxy) is 1. The average Bonchev–Trinajstić information content (AvgIpc) is 3.16. The molecule has 3 rings (SSSR count). The number of carbonyl (C=O) groups is 2. The normalized spacial score (nSPS) is 16.9. The topological polar surface area (TPSA) is 106 Å². The first-order chi connectivity index (χ1) is 13.1. The number of aryl methyl sites for hydroxylation is 1. The molecule has 1 aromatic heterocycles. The Hall–Kier alpha value is -2.90. The number of carboxylic acids is 1. The lowest BCUT2D eigenvalue weighted by atomic mass is 10.0. The molecule has 1 N–H and O–H groups in total. The minimum Gasteiger partial charge on any atom is -0.494 e. The van der Waals surface area contributed by atoms with Crippen molar-refractivity contribution in [1.29, 1.82) is 0 Å². The van der Waals surface area contributed by atoms with Gasteiger partial charge >= 0.3 is 5.97 Å². The number of rotatable bonds is 7. The van der Waals surface area contributed by atoms with Gasteiger partial charge in [-0.2, -0.15) is 4.98 Å². The molecule has 1 aliphatic rings. The third kappa shape index (κ3) is 4.64. The lowest BCUT2D eigenvalue weighted by Gasteiger charge is -2.32. The van der Waals surface area contributed by atoms with E-state index in [9.17, 15) is 14.7 Å². The first kappa shape index (κ1) is 18.9. The number of benzene rings is 1. The molecule has 8 nitrogen and oxygen atoms in total. The summed E-state index contributed by atoms with van der Waals surface area (Å²) < 4.78 is 10.6. The lowest BCUT2D eigenvalue weighted by Crippen LogP contribution is -2.48. The maximum atomic E-state index is 12.4. The number of piperidine rings is 1. The van der Waals surface area contributed by atoms with Crippen LogP contribution in [0.25, 0.3) is 11.4 Å². The van der Waals surface area contributed by atoms with Crippen molar-refractivity contribution in [2.75, 3.05) is 13.2 Å².